The fraction of sp³-hybridized carbons (Fsp3) is 0.867. The molecule has 0 aliphatic carbocycles. The summed E-state index contributed by atoms with van der Waals surface area (Å²) in [6.07, 6.45) is 3.34. The van der Waals surface area contributed by atoms with Gasteiger partial charge in [-0.1, -0.05) is 34.6 Å². The Morgan fingerprint density at radius 2 is 1.58 bits per heavy atom. The third kappa shape index (κ3) is 10.5. The molecular formula is C15H30N2O2. The van der Waals surface area contributed by atoms with E-state index in [-0.39, 0.29) is 17.2 Å². The van der Waals surface area contributed by atoms with Gasteiger partial charge in [0.2, 0.25) is 11.8 Å². The maximum Gasteiger partial charge on any atom is 0.225 e. The van der Waals surface area contributed by atoms with Crippen LogP contribution in [-0.4, -0.2) is 24.9 Å². The Balaban J connectivity index is 3.51. The molecule has 0 saturated carbocycles. The number of carbonyl (C=O) groups excluding carboxylic acids is 2. The summed E-state index contributed by atoms with van der Waals surface area (Å²) in [5, 5.41) is 5.75. The molecule has 4 nitrogen and oxygen atoms in total. The van der Waals surface area contributed by atoms with Crippen molar-refractivity contribution in [2.75, 3.05) is 13.1 Å². The van der Waals surface area contributed by atoms with Crippen LogP contribution in [0.4, 0.5) is 0 Å². The van der Waals surface area contributed by atoms with E-state index in [1.807, 2.05) is 20.8 Å². The van der Waals surface area contributed by atoms with Gasteiger partial charge < -0.3 is 10.6 Å². The number of hydrogen-bond donors (Lipinski definition) is 2. The van der Waals surface area contributed by atoms with E-state index in [0.717, 1.165) is 19.4 Å². The van der Waals surface area contributed by atoms with Crippen molar-refractivity contribution in [2.24, 2.45) is 11.3 Å². The summed E-state index contributed by atoms with van der Waals surface area (Å²) in [6.45, 7) is 11.3. The SMILES string of the molecule is CC(C)CCCNC(=O)CCCNC(=O)C(C)(C)C. The third-order valence-corrected chi connectivity index (χ3v) is 2.83. The first-order chi connectivity index (χ1) is 8.73. The summed E-state index contributed by atoms with van der Waals surface area (Å²) < 4.78 is 0. The molecule has 0 aliphatic heterocycles. The highest BCUT2D eigenvalue weighted by atomic mass is 16.2. The van der Waals surface area contributed by atoms with Crippen LogP contribution in [0.15, 0.2) is 0 Å². The highest BCUT2D eigenvalue weighted by molar-refractivity contribution is 5.81. The van der Waals surface area contributed by atoms with Gasteiger partial charge in [0.05, 0.1) is 0 Å². The molecule has 0 spiro atoms. The van der Waals surface area contributed by atoms with Gasteiger partial charge in [-0.05, 0) is 25.2 Å². The van der Waals surface area contributed by atoms with Crippen molar-refractivity contribution in [1.82, 2.24) is 10.6 Å². The molecule has 2 amide bonds. The maximum atomic E-state index is 11.6. The molecule has 112 valence electrons. The van der Waals surface area contributed by atoms with E-state index >= 15 is 0 Å². The summed E-state index contributed by atoms with van der Waals surface area (Å²) in [5.74, 6) is 0.795. The lowest BCUT2D eigenvalue weighted by Gasteiger charge is -2.17. The lowest BCUT2D eigenvalue weighted by atomic mass is 9.96. The van der Waals surface area contributed by atoms with Gasteiger partial charge in [0, 0.05) is 24.9 Å². The molecule has 0 heterocycles. The molecule has 4 heteroatoms. The predicted molar refractivity (Wildman–Crippen MR) is 78.8 cm³/mol. The Morgan fingerprint density at radius 3 is 2.11 bits per heavy atom. The Labute approximate surface area is 117 Å². The van der Waals surface area contributed by atoms with Gasteiger partial charge in [-0.15, -0.1) is 0 Å². The van der Waals surface area contributed by atoms with Gasteiger partial charge in [-0.25, -0.2) is 0 Å². The first-order valence-corrected chi connectivity index (χ1v) is 7.28. The van der Waals surface area contributed by atoms with E-state index in [0.29, 0.717) is 25.3 Å². The van der Waals surface area contributed by atoms with E-state index in [1.54, 1.807) is 0 Å². The second-order valence-electron chi connectivity index (χ2n) is 6.50. The van der Waals surface area contributed by atoms with E-state index in [9.17, 15) is 9.59 Å². The first kappa shape index (κ1) is 17.9. The van der Waals surface area contributed by atoms with Crippen molar-refractivity contribution in [3.05, 3.63) is 0 Å². The van der Waals surface area contributed by atoms with Crippen LogP contribution < -0.4 is 10.6 Å². The second-order valence-corrected chi connectivity index (χ2v) is 6.50. The van der Waals surface area contributed by atoms with E-state index in [1.165, 1.54) is 0 Å². The van der Waals surface area contributed by atoms with E-state index < -0.39 is 0 Å². The summed E-state index contributed by atoms with van der Waals surface area (Å²) in [6, 6.07) is 0. The van der Waals surface area contributed by atoms with Gasteiger partial charge in [-0.2, -0.15) is 0 Å². The van der Waals surface area contributed by atoms with Crippen molar-refractivity contribution in [1.29, 1.82) is 0 Å². The highest BCUT2D eigenvalue weighted by Gasteiger charge is 2.20. The minimum absolute atomic E-state index is 0.0323. The van der Waals surface area contributed by atoms with Crippen LogP contribution >= 0.6 is 0 Å². The molecule has 2 N–H and O–H groups in total. The molecule has 0 aromatic rings. The number of nitrogens with one attached hydrogen (secondary N) is 2. The summed E-state index contributed by atoms with van der Waals surface area (Å²) in [7, 11) is 0. The van der Waals surface area contributed by atoms with Gasteiger partial charge in [0.15, 0.2) is 0 Å². The zero-order chi connectivity index (χ0) is 14.9. The number of carbonyl (C=O) groups is 2. The van der Waals surface area contributed by atoms with Crippen molar-refractivity contribution in [2.45, 2.75) is 60.3 Å². The first-order valence-electron chi connectivity index (χ1n) is 7.28. The average Bonchev–Trinajstić information content (AvgIpc) is 2.28. The lowest BCUT2D eigenvalue weighted by Crippen LogP contribution is -2.35. The maximum absolute atomic E-state index is 11.6. The fourth-order valence-electron chi connectivity index (χ4n) is 1.54. The average molecular weight is 270 g/mol. The van der Waals surface area contributed by atoms with Crippen molar-refractivity contribution < 1.29 is 9.59 Å². The Kier molecular flexibility index (Phi) is 8.44. The van der Waals surface area contributed by atoms with Gasteiger partial charge in [-0.3, -0.25) is 9.59 Å². The van der Waals surface area contributed by atoms with Crippen molar-refractivity contribution >= 4 is 11.8 Å². The Bertz CT molecular complexity index is 280. The van der Waals surface area contributed by atoms with E-state index in [2.05, 4.69) is 24.5 Å². The lowest BCUT2D eigenvalue weighted by molar-refractivity contribution is -0.128. The van der Waals surface area contributed by atoms with Crippen molar-refractivity contribution in [3.8, 4) is 0 Å². The normalized spacial score (nSPS) is 11.5. The quantitative estimate of drug-likeness (QED) is 0.666. The molecule has 0 aromatic carbocycles. The predicted octanol–water partition coefficient (Wildman–Crippen LogP) is 2.48. The van der Waals surface area contributed by atoms with Crippen molar-refractivity contribution in [3.63, 3.8) is 0 Å². The zero-order valence-corrected chi connectivity index (χ0v) is 13.1. The molecular weight excluding hydrogens is 240 g/mol. The molecule has 0 aromatic heterocycles. The summed E-state index contributed by atoms with van der Waals surface area (Å²) in [5.41, 5.74) is -0.362. The smallest absolute Gasteiger partial charge is 0.225 e. The third-order valence-electron chi connectivity index (χ3n) is 2.83. The minimum Gasteiger partial charge on any atom is -0.356 e. The van der Waals surface area contributed by atoms with Crippen LogP contribution in [0.5, 0.6) is 0 Å². The molecule has 0 saturated heterocycles. The number of amides is 2. The zero-order valence-electron chi connectivity index (χ0n) is 13.1. The van der Waals surface area contributed by atoms with Crippen LogP contribution in [-0.2, 0) is 9.59 Å². The van der Waals surface area contributed by atoms with Gasteiger partial charge in [0.25, 0.3) is 0 Å². The number of hydrogen-bond acceptors (Lipinski definition) is 2. The molecule has 0 unspecified atom stereocenters. The number of rotatable bonds is 8. The van der Waals surface area contributed by atoms with Gasteiger partial charge >= 0.3 is 0 Å². The molecule has 0 fully saturated rings. The molecule has 0 rings (SSSR count). The standard InChI is InChI=1S/C15H30N2O2/c1-12(2)8-6-10-16-13(18)9-7-11-17-14(19)15(3,4)5/h12H,6-11H2,1-5H3,(H,16,18)(H,17,19). The highest BCUT2D eigenvalue weighted by Crippen LogP contribution is 2.12. The monoisotopic (exact) mass is 270 g/mol. The molecule has 0 aliphatic rings. The topological polar surface area (TPSA) is 58.2 Å². The minimum atomic E-state index is -0.362. The summed E-state index contributed by atoms with van der Waals surface area (Å²) in [4.78, 5) is 23.1. The van der Waals surface area contributed by atoms with Gasteiger partial charge in [0.1, 0.15) is 0 Å². The largest absolute Gasteiger partial charge is 0.356 e. The van der Waals surface area contributed by atoms with Crippen LogP contribution in [0.2, 0.25) is 0 Å². The Morgan fingerprint density at radius 1 is 1.00 bits per heavy atom. The van der Waals surface area contributed by atoms with Crippen LogP contribution in [0.25, 0.3) is 0 Å². The molecule has 19 heavy (non-hydrogen) atoms. The van der Waals surface area contributed by atoms with Crippen LogP contribution in [0.1, 0.15) is 60.3 Å². The molecule has 0 atom stereocenters. The molecule has 0 bridgehead atoms. The van der Waals surface area contributed by atoms with Crippen LogP contribution in [0.3, 0.4) is 0 Å². The second kappa shape index (κ2) is 8.94. The summed E-state index contributed by atoms with van der Waals surface area (Å²) >= 11 is 0. The van der Waals surface area contributed by atoms with Crippen LogP contribution in [0, 0.1) is 11.3 Å². The fourth-order valence-corrected chi connectivity index (χ4v) is 1.54. The molecule has 0 radical (unpaired) electrons. The Hall–Kier alpha value is -1.06. The van der Waals surface area contributed by atoms with E-state index in [4.69, 9.17) is 0 Å².